The number of imide groups is 1. The third-order valence-electron chi connectivity index (χ3n) is 4.13. The largest absolute Gasteiger partial charge is 0.493 e. The summed E-state index contributed by atoms with van der Waals surface area (Å²) in [6.07, 6.45) is 1.42. The number of urea groups is 1. The second-order valence-electron chi connectivity index (χ2n) is 6.52. The molecule has 6 nitrogen and oxygen atoms in total. The number of ether oxygens (including phenoxy) is 2. The molecule has 0 radical (unpaired) electrons. The Kier molecular flexibility index (Phi) is 5.63. The van der Waals surface area contributed by atoms with Crippen molar-refractivity contribution in [3.8, 4) is 11.5 Å². The van der Waals surface area contributed by atoms with E-state index in [1.807, 2.05) is 13.8 Å². The van der Waals surface area contributed by atoms with Gasteiger partial charge >= 0.3 is 6.03 Å². The number of benzene rings is 2. The summed E-state index contributed by atoms with van der Waals surface area (Å²) in [5, 5.41) is 2.54. The maximum Gasteiger partial charge on any atom is 0.329 e. The average molecular weight is 384 g/mol. The summed E-state index contributed by atoms with van der Waals surface area (Å²) in [4.78, 5) is 25.9. The van der Waals surface area contributed by atoms with Crippen LogP contribution in [-0.4, -0.2) is 30.1 Å². The molecule has 0 unspecified atom stereocenters. The zero-order valence-electron chi connectivity index (χ0n) is 15.9. The van der Waals surface area contributed by atoms with Crippen molar-refractivity contribution >= 4 is 18.0 Å². The minimum atomic E-state index is -0.603. The van der Waals surface area contributed by atoms with Crippen LogP contribution in [0.5, 0.6) is 11.5 Å². The van der Waals surface area contributed by atoms with E-state index in [4.69, 9.17) is 9.47 Å². The van der Waals surface area contributed by atoms with Gasteiger partial charge in [-0.3, -0.25) is 9.69 Å². The Labute approximate surface area is 162 Å². The first kappa shape index (κ1) is 19.4. The van der Waals surface area contributed by atoms with E-state index in [0.717, 1.165) is 4.90 Å². The lowest BCUT2D eigenvalue weighted by Gasteiger charge is -2.16. The molecule has 0 saturated carbocycles. The number of halogens is 1. The van der Waals surface area contributed by atoms with E-state index in [-0.39, 0.29) is 23.9 Å². The van der Waals surface area contributed by atoms with E-state index >= 15 is 0 Å². The van der Waals surface area contributed by atoms with Crippen molar-refractivity contribution in [2.75, 3.05) is 7.11 Å². The van der Waals surface area contributed by atoms with E-state index in [0.29, 0.717) is 17.1 Å². The Morgan fingerprint density at radius 1 is 1.14 bits per heavy atom. The number of rotatable bonds is 6. The van der Waals surface area contributed by atoms with Gasteiger partial charge in [-0.05, 0) is 32.1 Å². The predicted octanol–water partition coefficient (Wildman–Crippen LogP) is 3.71. The molecule has 0 aromatic heterocycles. The van der Waals surface area contributed by atoms with Gasteiger partial charge in [-0.15, -0.1) is 0 Å². The molecule has 1 heterocycles. The number of carbonyl (C=O) groups excluding carboxylic acids is 2. The van der Waals surface area contributed by atoms with Crippen LogP contribution < -0.4 is 14.8 Å². The molecule has 1 aliphatic heterocycles. The minimum Gasteiger partial charge on any atom is -0.493 e. The molecular weight excluding hydrogens is 363 g/mol. The van der Waals surface area contributed by atoms with Gasteiger partial charge in [-0.2, -0.15) is 0 Å². The van der Waals surface area contributed by atoms with Crippen LogP contribution in [0.3, 0.4) is 0 Å². The zero-order valence-corrected chi connectivity index (χ0v) is 15.9. The third-order valence-corrected chi connectivity index (χ3v) is 4.13. The van der Waals surface area contributed by atoms with Gasteiger partial charge in [0.25, 0.3) is 5.91 Å². The van der Waals surface area contributed by atoms with E-state index < -0.39 is 17.8 Å². The molecule has 2 aromatic rings. The normalized spacial score (nSPS) is 15.3. The van der Waals surface area contributed by atoms with Crippen LogP contribution in [0.1, 0.15) is 25.0 Å². The van der Waals surface area contributed by atoms with E-state index in [1.165, 1.54) is 25.3 Å². The molecule has 1 N–H and O–H groups in total. The van der Waals surface area contributed by atoms with Crippen molar-refractivity contribution in [2.24, 2.45) is 0 Å². The summed E-state index contributed by atoms with van der Waals surface area (Å²) in [6, 6.07) is 10.7. The van der Waals surface area contributed by atoms with Gasteiger partial charge in [-0.1, -0.05) is 30.3 Å². The molecule has 2 aromatic carbocycles. The zero-order chi connectivity index (χ0) is 20.3. The van der Waals surface area contributed by atoms with E-state index in [9.17, 15) is 14.0 Å². The topological polar surface area (TPSA) is 67.9 Å². The van der Waals surface area contributed by atoms with Gasteiger partial charge in [0, 0.05) is 11.1 Å². The highest BCUT2D eigenvalue weighted by molar-refractivity contribution is 6.14. The maximum atomic E-state index is 13.9. The van der Waals surface area contributed by atoms with Crippen LogP contribution >= 0.6 is 0 Å². The highest BCUT2D eigenvalue weighted by Gasteiger charge is 2.34. The standard InChI is InChI=1S/C21H21FN2O4/c1-13(2)28-19-14(8-6-10-18(19)27-3)11-17-20(25)24(21(26)23-17)12-15-7-4-5-9-16(15)22/h4-11,13H,12H2,1-3H3,(H,23,26)/b17-11-. The molecule has 0 bridgehead atoms. The Bertz CT molecular complexity index is 940. The molecule has 1 aliphatic rings. The number of nitrogens with zero attached hydrogens (tertiary/aromatic N) is 1. The number of hydrogen-bond donors (Lipinski definition) is 1. The fourth-order valence-electron chi connectivity index (χ4n) is 2.84. The second-order valence-corrected chi connectivity index (χ2v) is 6.52. The predicted molar refractivity (Wildman–Crippen MR) is 102 cm³/mol. The quantitative estimate of drug-likeness (QED) is 0.609. The highest BCUT2D eigenvalue weighted by atomic mass is 19.1. The van der Waals surface area contributed by atoms with Gasteiger partial charge in [-0.25, -0.2) is 9.18 Å². The van der Waals surface area contributed by atoms with Gasteiger partial charge < -0.3 is 14.8 Å². The van der Waals surface area contributed by atoms with Crippen LogP contribution in [-0.2, 0) is 11.3 Å². The lowest BCUT2D eigenvalue weighted by molar-refractivity contribution is -0.123. The van der Waals surface area contributed by atoms with Crippen LogP contribution in [0.25, 0.3) is 6.08 Å². The van der Waals surface area contributed by atoms with Crippen LogP contribution in [0.2, 0.25) is 0 Å². The van der Waals surface area contributed by atoms with Crippen molar-refractivity contribution in [3.05, 3.63) is 65.1 Å². The molecule has 3 amide bonds. The molecule has 0 spiro atoms. The first-order valence-electron chi connectivity index (χ1n) is 8.82. The molecule has 0 atom stereocenters. The van der Waals surface area contributed by atoms with Crippen LogP contribution in [0.4, 0.5) is 9.18 Å². The molecule has 1 saturated heterocycles. The fourth-order valence-corrected chi connectivity index (χ4v) is 2.84. The van der Waals surface area contributed by atoms with Gasteiger partial charge in [0.15, 0.2) is 11.5 Å². The number of hydrogen-bond acceptors (Lipinski definition) is 4. The van der Waals surface area contributed by atoms with Gasteiger partial charge in [0.2, 0.25) is 0 Å². The Balaban J connectivity index is 1.91. The first-order chi connectivity index (χ1) is 13.4. The van der Waals surface area contributed by atoms with Crippen molar-refractivity contribution < 1.29 is 23.5 Å². The highest BCUT2D eigenvalue weighted by Crippen LogP contribution is 2.34. The lowest BCUT2D eigenvalue weighted by Crippen LogP contribution is -2.30. The summed E-state index contributed by atoms with van der Waals surface area (Å²) in [5.74, 6) is -0.0161. The van der Waals surface area contributed by atoms with Crippen molar-refractivity contribution in [2.45, 2.75) is 26.5 Å². The monoisotopic (exact) mass is 384 g/mol. The van der Waals surface area contributed by atoms with Crippen molar-refractivity contribution in [1.29, 1.82) is 0 Å². The Morgan fingerprint density at radius 3 is 2.57 bits per heavy atom. The summed E-state index contributed by atoms with van der Waals surface area (Å²) in [6.45, 7) is 3.60. The molecule has 146 valence electrons. The van der Waals surface area contributed by atoms with Gasteiger partial charge in [0.05, 0.1) is 19.8 Å². The third kappa shape index (κ3) is 3.98. The summed E-state index contributed by atoms with van der Waals surface area (Å²) >= 11 is 0. The number of amides is 3. The van der Waals surface area contributed by atoms with Crippen molar-refractivity contribution in [1.82, 2.24) is 10.2 Å². The van der Waals surface area contributed by atoms with E-state index in [1.54, 1.807) is 30.3 Å². The number of carbonyl (C=O) groups is 2. The van der Waals surface area contributed by atoms with E-state index in [2.05, 4.69) is 5.32 Å². The fraction of sp³-hybridized carbons (Fsp3) is 0.238. The first-order valence-corrected chi connectivity index (χ1v) is 8.82. The van der Waals surface area contributed by atoms with Crippen LogP contribution in [0.15, 0.2) is 48.2 Å². The average Bonchev–Trinajstić information content (AvgIpc) is 2.92. The molecule has 3 rings (SSSR count). The maximum absolute atomic E-state index is 13.9. The van der Waals surface area contributed by atoms with Crippen LogP contribution in [0, 0.1) is 5.82 Å². The number of para-hydroxylation sites is 1. The molecular formula is C21H21FN2O4. The molecule has 7 heteroatoms. The number of methoxy groups -OCH3 is 1. The van der Waals surface area contributed by atoms with Crippen molar-refractivity contribution in [3.63, 3.8) is 0 Å². The molecule has 1 fully saturated rings. The summed E-state index contributed by atoms with van der Waals surface area (Å²) < 4.78 is 25.0. The minimum absolute atomic E-state index is 0.0863. The number of nitrogens with one attached hydrogen (secondary N) is 1. The molecule has 28 heavy (non-hydrogen) atoms. The Morgan fingerprint density at radius 2 is 1.89 bits per heavy atom. The summed E-state index contributed by atoms with van der Waals surface area (Å²) in [5.41, 5.74) is 0.935. The smallest absolute Gasteiger partial charge is 0.329 e. The molecule has 0 aliphatic carbocycles. The lowest BCUT2D eigenvalue weighted by atomic mass is 10.1. The second kappa shape index (κ2) is 8.12. The summed E-state index contributed by atoms with van der Waals surface area (Å²) in [7, 11) is 1.53. The van der Waals surface area contributed by atoms with Gasteiger partial charge in [0.1, 0.15) is 11.5 Å². The SMILES string of the molecule is COc1cccc(/C=C2\NC(=O)N(Cc3ccccc3F)C2=O)c1OC(C)C. The Hall–Kier alpha value is -3.35.